The number of aryl methyl sites for hydroxylation is 1. The number of aromatic nitrogens is 3. The van der Waals surface area contributed by atoms with Crippen molar-refractivity contribution >= 4 is 5.91 Å². The van der Waals surface area contributed by atoms with Crippen LogP contribution in [0, 0.1) is 5.92 Å². The van der Waals surface area contributed by atoms with E-state index in [-0.39, 0.29) is 5.91 Å². The molecule has 0 bridgehead atoms. The van der Waals surface area contributed by atoms with E-state index in [1.54, 1.807) is 6.20 Å². The van der Waals surface area contributed by atoms with E-state index in [0.717, 1.165) is 19.5 Å². The van der Waals surface area contributed by atoms with E-state index >= 15 is 0 Å². The number of likely N-dealkylation sites (tertiary alicyclic amines) is 1. The van der Waals surface area contributed by atoms with Gasteiger partial charge < -0.3 is 9.42 Å². The van der Waals surface area contributed by atoms with Gasteiger partial charge in [0, 0.05) is 32.1 Å². The number of pyridine rings is 1. The van der Waals surface area contributed by atoms with Gasteiger partial charge in [0.15, 0.2) is 0 Å². The zero-order valence-electron chi connectivity index (χ0n) is 12.7. The first-order valence-corrected chi connectivity index (χ1v) is 7.74. The van der Waals surface area contributed by atoms with Crippen LogP contribution in [0.3, 0.4) is 0 Å². The molecule has 0 saturated carbocycles. The van der Waals surface area contributed by atoms with Crippen LogP contribution in [-0.4, -0.2) is 39.0 Å². The summed E-state index contributed by atoms with van der Waals surface area (Å²) < 4.78 is 5.21. The molecule has 0 aliphatic carbocycles. The van der Waals surface area contributed by atoms with Crippen molar-refractivity contribution in [2.24, 2.45) is 5.92 Å². The van der Waals surface area contributed by atoms with Crippen LogP contribution < -0.4 is 0 Å². The van der Waals surface area contributed by atoms with Gasteiger partial charge in [-0.15, -0.1) is 0 Å². The average molecular weight is 300 g/mol. The van der Waals surface area contributed by atoms with Gasteiger partial charge in [0.05, 0.1) is 0 Å². The van der Waals surface area contributed by atoms with Crippen molar-refractivity contribution in [2.45, 2.75) is 32.6 Å². The van der Waals surface area contributed by atoms with Crippen molar-refractivity contribution < 1.29 is 9.32 Å². The lowest BCUT2D eigenvalue weighted by Gasteiger charge is -2.30. The van der Waals surface area contributed by atoms with Gasteiger partial charge in [0.2, 0.25) is 17.6 Å². The third-order valence-electron chi connectivity index (χ3n) is 3.92. The number of piperidine rings is 1. The van der Waals surface area contributed by atoms with Crippen LogP contribution in [0.1, 0.15) is 32.1 Å². The van der Waals surface area contributed by atoms with E-state index in [1.807, 2.05) is 23.1 Å². The molecular weight excluding hydrogens is 280 g/mol. The minimum Gasteiger partial charge on any atom is -0.342 e. The molecule has 116 valence electrons. The van der Waals surface area contributed by atoms with E-state index in [2.05, 4.69) is 22.0 Å². The van der Waals surface area contributed by atoms with Crippen molar-refractivity contribution in [3.05, 3.63) is 30.3 Å². The Labute approximate surface area is 129 Å². The Morgan fingerprint density at radius 1 is 1.45 bits per heavy atom. The maximum atomic E-state index is 12.2. The minimum atomic E-state index is 0.170. The van der Waals surface area contributed by atoms with E-state index in [1.165, 1.54) is 6.42 Å². The third-order valence-corrected chi connectivity index (χ3v) is 3.92. The van der Waals surface area contributed by atoms with E-state index < -0.39 is 0 Å². The van der Waals surface area contributed by atoms with Crippen LogP contribution in [0.4, 0.5) is 0 Å². The van der Waals surface area contributed by atoms with E-state index in [4.69, 9.17) is 4.52 Å². The minimum absolute atomic E-state index is 0.170. The molecule has 1 atom stereocenters. The second-order valence-corrected chi connectivity index (χ2v) is 5.81. The van der Waals surface area contributed by atoms with Crippen molar-refractivity contribution in [2.75, 3.05) is 13.1 Å². The lowest BCUT2D eigenvalue weighted by atomic mass is 10.00. The molecule has 22 heavy (non-hydrogen) atoms. The van der Waals surface area contributed by atoms with Crippen LogP contribution in [0.15, 0.2) is 28.9 Å². The van der Waals surface area contributed by atoms with Crippen LogP contribution in [-0.2, 0) is 11.2 Å². The Balaban J connectivity index is 1.56. The molecule has 1 aliphatic rings. The van der Waals surface area contributed by atoms with Gasteiger partial charge in [-0.25, -0.2) is 0 Å². The molecule has 6 nitrogen and oxygen atoms in total. The van der Waals surface area contributed by atoms with Gasteiger partial charge in [-0.05, 0) is 30.9 Å². The summed E-state index contributed by atoms with van der Waals surface area (Å²) in [6.45, 7) is 3.92. The van der Waals surface area contributed by atoms with Crippen molar-refractivity contribution in [3.63, 3.8) is 0 Å². The predicted octanol–water partition coefficient (Wildman–Crippen LogP) is 2.32. The first-order chi connectivity index (χ1) is 10.7. The van der Waals surface area contributed by atoms with Crippen LogP contribution in [0.5, 0.6) is 0 Å². The molecule has 0 spiro atoms. The number of carbonyl (C=O) groups is 1. The fourth-order valence-corrected chi connectivity index (χ4v) is 2.74. The van der Waals surface area contributed by atoms with Crippen molar-refractivity contribution in [3.8, 4) is 11.5 Å². The molecule has 2 aromatic rings. The van der Waals surface area contributed by atoms with Gasteiger partial charge in [-0.1, -0.05) is 18.1 Å². The second kappa shape index (κ2) is 6.68. The first kappa shape index (κ1) is 14.7. The molecule has 3 heterocycles. The number of hydrogen-bond acceptors (Lipinski definition) is 5. The molecule has 1 aliphatic heterocycles. The van der Waals surface area contributed by atoms with Gasteiger partial charge >= 0.3 is 0 Å². The maximum absolute atomic E-state index is 12.2. The summed E-state index contributed by atoms with van der Waals surface area (Å²) in [5, 5.41) is 3.92. The summed E-state index contributed by atoms with van der Waals surface area (Å²) in [6, 6.07) is 5.54. The highest BCUT2D eigenvalue weighted by Gasteiger charge is 2.21. The molecule has 3 rings (SSSR count). The monoisotopic (exact) mass is 300 g/mol. The molecule has 0 aromatic carbocycles. The standard InChI is InChI=1S/C16H20N4O2/c1-12-5-4-10-20(11-12)15(21)8-7-14-18-16(19-22-14)13-6-2-3-9-17-13/h2-3,6,9,12H,4-5,7-8,10-11H2,1H3/t12-/m0/s1. The number of rotatable bonds is 4. The Hall–Kier alpha value is -2.24. The Kier molecular flexibility index (Phi) is 4.46. The predicted molar refractivity (Wildman–Crippen MR) is 80.8 cm³/mol. The summed E-state index contributed by atoms with van der Waals surface area (Å²) >= 11 is 0. The number of nitrogens with zero attached hydrogens (tertiary/aromatic N) is 4. The lowest BCUT2D eigenvalue weighted by molar-refractivity contribution is -0.132. The molecule has 1 fully saturated rings. The Bertz CT molecular complexity index is 626. The molecule has 0 unspecified atom stereocenters. The molecule has 0 N–H and O–H groups in total. The highest BCUT2D eigenvalue weighted by atomic mass is 16.5. The lowest BCUT2D eigenvalue weighted by Crippen LogP contribution is -2.39. The largest absolute Gasteiger partial charge is 0.342 e. The second-order valence-electron chi connectivity index (χ2n) is 5.81. The quantitative estimate of drug-likeness (QED) is 0.866. The molecular formula is C16H20N4O2. The Morgan fingerprint density at radius 3 is 3.14 bits per heavy atom. The van der Waals surface area contributed by atoms with Gasteiger partial charge in [-0.2, -0.15) is 4.98 Å². The first-order valence-electron chi connectivity index (χ1n) is 7.74. The number of carbonyl (C=O) groups excluding carboxylic acids is 1. The summed E-state index contributed by atoms with van der Waals surface area (Å²) in [5.74, 6) is 1.72. The summed E-state index contributed by atoms with van der Waals surface area (Å²) in [7, 11) is 0. The average Bonchev–Trinajstić information content (AvgIpc) is 3.02. The van der Waals surface area contributed by atoms with Gasteiger partial charge in [0.25, 0.3) is 0 Å². The number of hydrogen-bond donors (Lipinski definition) is 0. The highest BCUT2D eigenvalue weighted by molar-refractivity contribution is 5.76. The van der Waals surface area contributed by atoms with Crippen molar-refractivity contribution in [1.29, 1.82) is 0 Å². The van der Waals surface area contributed by atoms with Crippen LogP contribution in [0.25, 0.3) is 11.5 Å². The number of amides is 1. The van der Waals surface area contributed by atoms with Crippen LogP contribution >= 0.6 is 0 Å². The fourth-order valence-electron chi connectivity index (χ4n) is 2.74. The molecule has 0 radical (unpaired) electrons. The van der Waals surface area contributed by atoms with E-state index in [0.29, 0.717) is 36.2 Å². The summed E-state index contributed by atoms with van der Waals surface area (Å²) in [6.07, 6.45) is 4.88. The maximum Gasteiger partial charge on any atom is 0.227 e. The molecule has 2 aromatic heterocycles. The third kappa shape index (κ3) is 3.50. The van der Waals surface area contributed by atoms with E-state index in [9.17, 15) is 4.79 Å². The summed E-state index contributed by atoms with van der Waals surface area (Å²) in [5.41, 5.74) is 0.675. The Morgan fingerprint density at radius 2 is 2.36 bits per heavy atom. The zero-order valence-corrected chi connectivity index (χ0v) is 12.7. The fraction of sp³-hybridized carbons (Fsp3) is 0.500. The van der Waals surface area contributed by atoms with Crippen LogP contribution in [0.2, 0.25) is 0 Å². The van der Waals surface area contributed by atoms with Crippen molar-refractivity contribution in [1.82, 2.24) is 20.0 Å². The highest BCUT2D eigenvalue weighted by Crippen LogP contribution is 2.17. The van der Waals surface area contributed by atoms with Gasteiger partial charge in [0.1, 0.15) is 5.69 Å². The SMILES string of the molecule is C[C@H]1CCCN(C(=O)CCc2nc(-c3ccccn3)no2)C1. The zero-order chi connectivity index (χ0) is 15.4. The van der Waals surface area contributed by atoms with Gasteiger partial charge in [-0.3, -0.25) is 9.78 Å². The summed E-state index contributed by atoms with van der Waals surface area (Å²) in [4.78, 5) is 22.6. The molecule has 1 saturated heterocycles. The molecule has 6 heteroatoms. The smallest absolute Gasteiger partial charge is 0.227 e. The topological polar surface area (TPSA) is 72.1 Å². The molecule has 1 amide bonds. The normalized spacial score (nSPS) is 18.4.